The number of halogens is 2. The van der Waals surface area contributed by atoms with Gasteiger partial charge in [0.25, 0.3) is 0 Å². The first-order valence-corrected chi connectivity index (χ1v) is 6.23. The van der Waals surface area contributed by atoms with Gasteiger partial charge in [0.2, 0.25) is 0 Å². The highest BCUT2D eigenvalue weighted by Gasteiger charge is 2.07. The Bertz CT molecular complexity index is 488. The normalized spacial score (nSPS) is 10.4. The minimum atomic E-state index is 0.464. The lowest BCUT2D eigenvalue weighted by molar-refractivity contribution is 1.32. The highest BCUT2D eigenvalue weighted by atomic mass is 127. The molecule has 0 aliphatic heterocycles. The molecular weight excluding hydrogens is 329 g/mol. The molecule has 1 heterocycles. The van der Waals surface area contributed by atoms with Crippen molar-refractivity contribution in [3.8, 4) is 6.07 Å². The van der Waals surface area contributed by atoms with Gasteiger partial charge in [-0.25, -0.2) is 0 Å². The number of nitriles is 1. The number of fused-ring (bicyclic) bond motifs is 1. The number of rotatable bonds is 1. The van der Waals surface area contributed by atoms with E-state index in [-0.39, 0.29) is 0 Å². The number of hydrogen-bond acceptors (Lipinski definition) is 2. The number of benzene rings is 1. The van der Waals surface area contributed by atoms with E-state index in [2.05, 4.69) is 34.7 Å². The van der Waals surface area contributed by atoms with E-state index in [4.69, 9.17) is 16.9 Å². The number of thiophene rings is 1. The quantitative estimate of drug-likeness (QED) is 0.717. The zero-order valence-corrected chi connectivity index (χ0v) is 10.8. The maximum absolute atomic E-state index is 8.61. The van der Waals surface area contributed by atoms with Gasteiger partial charge in [-0.05, 0) is 40.8 Å². The molecule has 0 aliphatic carbocycles. The van der Waals surface area contributed by atoms with Crippen LogP contribution >= 0.6 is 45.5 Å². The zero-order chi connectivity index (χ0) is 10.1. The molecule has 0 spiro atoms. The number of hydrogen-bond donors (Lipinski definition) is 0. The van der Waals surface area contributed by atoms with Crippen LogP contribution in [0.25, 0.3) is 10.1 Å². The molecule has 2 rings (SSSR count). The van der Waals surface area contributed by atoms with Crippen molar-refractivity contribution < 1.29 is 0 Å². The fraction of sp³-hybridized carbons (Fsp3) is 0.100. The van der Waals surface area contributed by atoms with Gasteiger partial charge in [0.1, 0.15) is 0 Å². The lowest BCUT2D eigenvalue weighted by atomic mass is 10.2. The molecule has 0 unspecified atom stereocenters. The largest absolute Gasteiger partial charge is 0.198 e. The van der Waals surface area contributed by atoms with E-state index in [1.54, 1.807) is 11.3 Å². The molecule has 0 fully saturated rings. The summed E-state index contributed by atoms with van der Waals surface area (Å²) in [7, 11) is 0. The minimum absolute atomic E-state index is 0.464. The lowest BCUT2D eigenvalue weighted by Crippen LogP contribution is -1.72. The van der Waals surface area contributed by atoms with E-state index in [0.29, 0.717) is 6.42 Å². The summed E-state index contributed by atoms with van der Waals surface area (Å²) in [6.45, 7) is 0. The minimum Gasteiger partial charge on any atom is -0.198 e. The van der Waals surface area contributed by atoms with Gasteiger partial charge in [-0.2, -0.15) is 5.26 Å². The summed E-state index contributed by atoms with van der Waals surface area (Å²) in [5.41, 5.74) is 0. The maximum atomic E-state index is 8.61. The van der Waals surface area contributed by atoms with E-state index < -0.39 is 0 Å². The highest BCUT2D eigenvalue weighted by Crippen LogP contribution is 2.34. The molecule has 0 aliphatic rings. The summed E-state index contributed by atoms with van der Waals surface area (Å²) in [6, 6.07) is 8.10. The summed E-state index contributed by atoms with van der Waals surface area (Å²) in [5.74, 6) is 0. The van der Waals surface area contributed by atoms with Crippen LogP contribution in [0.4, 0.5) is 0 Å². The molecule has 1 aromatic carbocycles. The Kier molecular flexibility index (Phi) is 2.96. The van der Waals surface area contributed by atoms with Crippen molar-refractivity contribution in [2.24, 2.45) is 0 Å². The van der Waals surface area contributed by atoms with Crippen molar-refractivity contribution in [1.29, 1.82) is 5.26 Å². The van der Waals surface area contributed by atoms with Crippen molar-refractivity contribution >= 4 is 55.6 Å². The predicted molar refractivity (Wildman–Crippen MR) is 68.9 cm³/mol. The van der Waals surface area contributed by atoms with Crippen molar-refractivity contribution in [1.82, 2.24) is 0 Å². The average molecular weight is 334 g/mol. The smallest absolute Gasteiger partial charge is 0.0696 e. The second-order valence-corrected chi connectivity index (χ2v) is 5.53. The SMILES string of the molecule is N#CCc1cc2c(I)ccc(Cl)c2s1. The summed E-state index contributed by atoms with van der Waals surface area (Å²) in [5, 5.41) is 10.5. The van der Waals surface area contributed by atoms with E-state index in [1.165, 1.54) is 3.57 Å². The zero-order valence-electron chi connectivity index (χ0n) is 7.05. The molecule has 0 saturated carbocycles. The number of nitrogens with zero attached hydrogens (tertiary/aromatic N) is 1. The first-order chi connectivity index (χ1) is 6.72. The monoisotopic (exact) mass is 333 g/mol. The molecule has 0 atom stereocenters. The van der Waals surface area contributed by atoms with E-state index >= 15 is 0 Å². The van der Waals surface area contributed by atoms with Crippen LogP contribution in [0, 0.1) is 14.9 Å². The molecule has 70 valence electrons. The molecule has 0 N–H and O–H groups in total. The standard InChI is InChI=1S/C10H5ClINS/c11-8-1-2-9(12)7-5-6(3-4-13)14-10(7)8/h1-2,5H,3H2. The second kappa shape index (κ2) is 4.05. The highest BCUT2D eigenvalue weighted by molar-refractivity contribution is 14.1. The van der Waals surface area contributed by atoms with E-state index in [0.717, 1.165) is 20.0 Å². The fourth-order valence-corrected chi connectivity index (χ4v) is 3.36. The Morgan fingerprint density at radius 2 is 2.29 bits per heavy atom. The van der Waals surface area contributed by atoms with Gasteiger partial charge >= 0.3 is 0 Å². The Morgan fingerprint density at radius 3 is 2.93 bits per heavy atom. The summed E-state index contributed by atoms with van der Waals surface area (Å²) >= 11 is 9.95. The van der Waals surface area contributed by atoms with Gasteiger partial charge in [0.15, 0.2) is 0 Å². The molecule has 4 heteroatoms. The molecule has 1 nitrogen and oxygen atoms in total. The van der Waals surface area contributed by atoms with Crippen molar-refractivity contribution in [3.05, 3.63) is 31.7 Å². The van der Waals surface area contributed by atoms with Gasteiger partial charge < -0.3 is 0 Å². The van der Waals surface area contributed by atoms with Crippen LogP contribution in [0.3, 0.4) is 0 Å². The second-order valence-electron chi connectivity index (χ2n) is 2.82. The molecule has 0 saturated heterocycles. The van der Waals surface area contributed by atoms with Gasteiger partial charge in [0.05, 0.1) is 22.2 Å². The van der Waals surface area contributed by atoms with Crippen LogP contribution in [0.2, 0.25) is 5.02 Å². The molecule has 0 bridgehead atoms. The van der Waals surface area contributed by atoms with Crippen molar-refractivity contribution in [2.45, 2.75) is 6.42 Å². The summed E-state index contributed by atoms with van der Waals surface area (Å²) in [6.07, 6.45) is 0.464. The summed E-state index contributed by atoms with van der Waals surface area (Å²) < 4.78 is 2.27. The van der Waals surface area contributed by atoms with Crippen molar-refractivity contribution in [2.75, 3.05) is 0 Å². The van der Waals surface area contributed by atoms with Gasteiger partial charge in [-0.1, -0.05) is 11.6 Å². The van der Waals surface area contributed by atoms with Gasteiger partial charge in [-0.15, -0.1) is 11.3 Å². The van der Waals surface area contributed by atoms with Crippen LogP contribution < -0.4 is 0 Å². The maximum Gasteiger partial charge on any atom is 0.0696 e. The molecule has 0 radical (unpaired) electrons. The van der Waals surface area contributed by atoms with Gasteiger partial charge in [0, 0.05) is 13.8 Å². The average Bonchev–Trinajstić information content (AvgIpc) is 2.57. The molecule has 14 heavy (non-hydrogen) atoms. The van der Waals surface area contributed by atoms with E-state index in [1.807, 2.05) is 12.1 Å². The first kappa shape index (κ1) is 10.2. The van der Waals surface area contributed by atoms with E-state index in [9.17, 15) is 0 Å². The van der Waals surface area contributed by atoms with Crippen LogP contribution in [-0.4, -0.2) is 0 Å². The molecule has 0 amide bonds. The topological polar surface area (TPSA) is 23.8 Å². The predicted octanol–water partition coefficient (Wildman–Crippen LogP) is 4.23. The fourth-order valence-electron chi connectivity index (χ4n) is 1.27. The Balaban J connectivity index is 2.70. The molecule has 1 aromatic heterocycles. The van der Waals surface area contributed by atoms with Crippen LogP contribution in [0.15, 0.2) is 18.2 Å². The third-order valence-electron chi connectivity index (χ3n) is 1.89. The summed E-state index contributed by atoms with van der Waals surface area (Å²) in [4.78, 5) is 1.08. The van der Waals surface area contributed by atoms with Crippen LogP contribution in [0.5, 0.6) is 0 Å². The Morgan fingerprint density at radius 1 is 1.50 bits per heavy atom. The third-order valence-corrected chi connectivity index (χ3v) is 4.42. The Hall–Kier alpha value is -0.310. The first-order valence-electron chi connectivity index (χ1n) is 3.95. The lowest BCUT2D eigenvalue weighted by Gasteiger charge is -1.94. The Labute approximate surface area is 104 Å². The van der Waals surface area contributed by atoms with Crippen LogP contribution in [-0.2, 0) is 6.42 Å². The van der Waals surface area contributed by atoms with Crippen molar-refractivity contribution in [3.63, 3.8) is 0 Å². The van der Waals surface area contributed by atoms with Gasteiger partial charge in [-0.3, -0.25) is 0 Å². The van der Waals surface area contributed by atoms with Crippen LogP contribution in [0.1, 0.15) is 4.88 Å². The molecule has 2 aromatic rings. The third kappa shape index (κ3) is 1.74. The molecular formula is C10H5ClINS.